The van der Waals surface area contributed by atoms with Crippen LogP contribution in [0.2, 0.25) is 0 Å². The fourth-order valence-corrected chi connectivity index (χ4v) is 4.37. The summed E-state index contributed by atoms with van der Waals surface area (Å²) in [6.07, 6.45) is 1.07. The van der Waals surface area contributed by atoms with Gasteiger partial charge in [-0.3, -0.25) is 14.4 Å². The third-order valence-corrected chi connectivity index (χ3v) is 5.78. The summed E-state index contributed by atoms with van der Waals surface area (Å²) in [5.41, 5.74) is 3.42. The average molecular weight is 502 g/mol. The van der Waals surface area contributed by atoms with Crippen LogP contribution in [0.5, 0.6) is 5.75 Å². The summed E-state index contributed by atoms with van der Waals surface area (Å²) in [4.78, 5) is 38.5. The molecule has 1 aliphatic heterocycles. The Balaban J connectivity index is 1.54. The van der Waals surface area contributed by atoms with Gasteiger partial charge in [-0.25, -0.2) is 0 Å². The highest BCUT2D eigenvalue weighted by atomic mass is 79.9. The van der Waals surface area contributed by atoms with E-state index in [0.717, 1.165) is 27.7 Å². The summed E-state index contributed by atoms with van der Waals surface area (Å²) in [6.45, 7) is 6.71. The van der Waals surface area contributed by atoms with E-state index < -0.39 is 0 Å². The van der Waals surface area contributed by atoms with Crippen molar-refractivity contribution in [3.63, 3.8) is 0 Å². The second-order valence-electron chi connectivity index (χ2n) is 7.94. The maximum Gasteiger partial charge on any atom is 0.262 e. The Hall–Kier alpha value is -2.87. The van der Waals surface area contributed by atoms with E-state index in [4.69, 9.17) is 4.74 Å². The zero-order chi connectivity index (χ0) is 23.3. The van der Waals surface area contributed by atoms with Crippen molar-refractivity contribution < 1.29 is 19.1 Å². The predicted molar refractivity (Wildman–Crippen MR) is 128 cm³/mol. The van der Waals surface area contributed by atoms with Crippen molar-refractivity contribution in [2.75, 3.05) is 29.9 Å². The van der Waals surface area contributed by atoms with Gasteiger partial charge in [-0.15, -0.1) is 0 Å². The molecular weight excluding hydrogens is 474 g/mol. The van der Waals surface area contributed by atoms with Gasteiger partial charge in [0.05, 0.1) is 5.92 Å². The molecule has 7 nitrogen and oxygen atoms in total. The zero-order valence-corrected chi connectivity index (χ0v) is 20.1. The number of aryl methyl sites for hydroxylation is 2. The third kappa shape index (κ3) is 5.88. The molecule has 2 aromatic carbocycles. The lowest BCUT2D eigenvalue weighted by atomic mass is 10.1. The SMILES string of the molecule is CCCNC(=O)[C@@H]1CC(=O)N(c2ccc(OCC(=O)Nc3c(C)cc(Br)cc3C)cc2)C1. The van der Waals surface area contributed by atoms with Gasteiger partial charge in [-0.1, -0.05) is 22.9 Å². The van der Waals surface area contributed by atoms with Crippen LogP contribution in [0.15, 0.2) is 40.9 Å². The zero-order valence-electron chi connectivity index (χ0n) is 18.5. The summed E-state index contributed by atoms with van der Waals surface area (Å²) >= 11 is 3.45. The smallest absolute Gasteiger partial charge is 0.262 e. The quantitative estimate of drug-likeness (QED) is 0.572. The molecule has 0 unspecified atom stereocenters. The number of ether oxygens (including phenoxy) is 1. The van der Waals surface area contributed by atoms with E-state index >= 15 is 0 Å². The minimum absolute atomic E-state index is 0.0741. The van der Waals surface area contributed by atoms with Crippen LogP contribution in [0.3, 0.4) is 0 Å². The summed E-state index contributed by atoms with van der Waals surface area (Å²) in [7, 11) is 0. The molecule has 0 aliphatic carbocycles. The minimum atomic E-state index is -0.334. The molecule has 0 bridgehead atoms. The van der Waals surface area contributed by atoms with E-state index in [0.29, 0.717) is 24.5 Å². The van der Waals surface area contributed by atoms with E-state index in [1.54, 1.807) is 29.2 Å². The van der Waals surface area contributed by atoms with Gasteiger partial charge in [0, 0.05) is 35.4 Å². The van der Waals surface area contributed by atoms with Crippen LogP contribution in [0.25, 0.3) is 0 Å². The number of benzene rings is 2. The second-order valence-corrected chi connectivity index (χ2v) is 8.86. The first-order chi connectivity index (χ1) is 15.3. The molecule has 1 saturated heterocycles. The highest BCUT2D eigenvalue weighted by Crippen LogP contribution is 2.27. The highest BCUT2D eigenvalue weighted by molar-refractivity contribution is 9.10. The summed E-state index contributed by atoms with van der Waals surface area (Å²) in [6, 6.07) is 10.9. The van der Waals surface area contributed by atoms with Gasteiger partial charge in [0.15, 0.2) is 6.61 Å². The van der Waals surface area contributed by atoms with Crippen molar-refractivity contribution in [2.45, 2.75) is 33.6 Å². The molecule has 1 fully saturated rings. The number of carbonyl (C=O) groups excluding carboxylic acids is 3. The van der Waals surface area contributed by atoms with Gasteiger partial charge in [0.2, 0.25) is 11.8 Å². The molecule has 3 amide bonds. The molecule has 8 heteroatoms. The minimum Gasteiger partial charge on any atom is -0.484 e. The first-order valence-electron chi connectivity index (χ1n) is 10.7. The topological polar surface area (TPSA) is 87.7 Å². The fraction of sp³-hybridized carbons (Fsp3) is 0.375. The van der Waals surface area contributed by atoms with Gasteiger partial charge in [0.1, 0.15) is 5.75 Å². The van der Waals surface area contributed by atoms with Crippen molar-refractivity contribution in [2.24, 2.45) is 5.92 Å². The Morgan fingerprint density at radius 2 is 1.81 bits per heavy atom. The van der Waals surface area contributed by atoms with E-state index in [2.05, 4.69) is 26.6 Å². The lowest BCUT2D eigenvalue weighted by Gasteiger charge is -2.17. The van der Waals surface area contributed by atoms with Crippen LogP contribution in [0, 0.1) is 19.8 Å². The highest BCUT2D eigenvalue weighted by Gasteiger charge is 2.34. The standard InChI is InChI=1S/C24H28BrN3O4/c1-4-9-26-24(31)17-12-22(30)28(13-17)19-5-7-20(8-6-19)32-14-21(29)27-23-15(2)10-18(25)11-16(23)3/h5-8,10-11,17H,4,9,12-14H2,1-3H3,(H,26,31)(H,27,29)/t17-/m1/s1. The van der Waals surface area contributed by atoms with Crippen molar-refractivity contribution >= 4 is 45.0 Å². The first kappa shape index (κ1) is 23.8. The molecule has 0 aromatic heterocycles. The van der Waals surface area contributed by atoms with Crippen LogP contribution < -0.4 is 20.3 Å². The van der Waals surface area contributed by atoms with E-state index in [-0.39, 0.29) is 36.7 Å². The van der Waals surface area contributed by atoms with Crippen molar-refractivity contribution in [1.82, 2.24) is 5.32 Å². The molecule has 0 radical (unpaired) electrons. The van der Waals surface area contributed by atoms with E-state index in [1.165, 1.54) is 0 Å². The van der Waals surface area contributed by atoms with Gasteiger partial charge < -0.3 is 20.3 Å². The molecule has 170 valence electrons. The van der Waals surface area contributed by atoms with Crippen LogP contribution in [-0.4, -0.2) is 37.4 Å². The lowest BCUT2D eigenvalue weighted by molar-refractivity contribution is -0.126. The number of hydrogen-bond donors (Lipinski definition) is 2. The Labute approximate surface area is 196 Å². The molecule has 0 spiro atoms. The Morgan fingerprint density at radius 3 is 2.44 bits per heavy atom. The Morgan fingerprint density at radius 1 is 1.16 bits per heavy atom. The average Bonchev–Trinajstić information content (AvgIpc) is 3.15. The molecular formula is C24H28BrN3O4. The second kappa shape index (κ2) is 10.6. The number of carbonyl (C=O) groups is 3. The summed E-state index contributed by atoms with van der Waals surface area (Å²) in [5.74, 6) is -0.214. The number of nitrogens with zero attached hydrogens (tertiary/aromatic N) is 1. The van der Waals surface area contributed by atoms with Gasteiger partial charge in [-0.2, -0.15) is 0 Å². The number of hydrogen-bond acceptors (Lipinski definition) is 4. The van der Waals surface area contributed by atoms with Gasteiger partial charge in [0.25, 0.3) is 5.91 Å². The Kier molecular flexibility index (Phi) is 7.90. The van der Waals surface area contributed by atoms with E-state index in [1.807, 2.05) is 32.9 Å². The van der Waals surface area contributed by atoms with Crippen molar-refractivity contribution in [3.8, 4) is 5.75 Å². The summed E-state index contributed by atoms with van der Waals surface area (Å²) in [5, 5.41) is 5.74. The van der Waals surface area contributed by atoms with Crippen LogP contribution in [0.4, 0.5) is 11.4 Å². The maximum atomic E-state index is 12.4. The molecule has 1 aliphatic rings. The van der Waals surface area contributed by atoms with Crippen LogP contribution in [0.1, 0.15) is 30.9 Å². The normalized spacial score (nSPS) is 15.6. The predicted octanol–water partition coefficient (Wildman–Crippen LogP) is 3.96. The molecule has 2 aromatic rings. The maximum absolute atomic E-state index is 12.4. The molecule has 1 heterocycles. The van der Waals surface area contributed by atoms with Crippen molar-refractivity contribution in [3.05, 3.63) is 52.0 Å². The lowest BCUT2D eigenvalue weighted by Crippen LogP contribution is -2.33. The molecule has 2 N–H and O–H groups in total. The molecule has 0 saturated carbocycles. The number of anilines is 2. The number of nitrogens with one attached hydrogen (secondary N) is 2. The number of rotatable bonds is 8. The number of amides is 3. The largest absolute Gasteiger partial charge is 0.484 e. The van der Waals surface area contributed by atoms with Crippen LogP contribution >= 0.6 is 15.9 Å². The van der Waals surface area contributed by atoms with E-state index in [9.17, 15) is 14.4 Å². The molecule has 1 atom stereocenters. The fourth-order valence-electron chi connectivity index (χ4n) is 3.68. The monoisotopic (exact) mass is 501 g/mol. The van der Waals surface area contributed by atoms with Gasteiger partial charge >= 0.3 is 0 Å². The Bertz CT molecular complexity index is 984. The molecule has 3 rings (SSSR count). The van der Waals surface area contributed by atoms with Crippen LogP contribution in [-0.2, 0) is 14.4 Å². The third-order valence-electron chi connectivity index (χ3n) is 5.33. The van der Waals surface area contributed by atoms with Crippen molar-refractivity contribution in [1.29, 1.82) is 0 Å². The summed E-state index contributed by atoms with van der Waals surface area (Å²) < 4.78 is 6.57. The first-order valence-corrected chi connectivity index (χ1v) is 11.4. The number of halogens is 1. The van der Waals surface area contributed by atoms with Gasteiger partial charge in [-0.05, 0) is 67.8 Å². The molecule has 32 heavy (non-hydrogen) atoms.